The third-order valence-electron chi connectivity index (χ3n) is 1.41. The molecule has 1 aliphatic carbocycles. The number of halogens is 2. The Kier molecular flexibility index (Phi) is 2.38. The summed E-state index contributed by atoms with van der Waals surface area (Å²) in [6, 6.07) is 0. The Morgan fingerprint density at radius 1 is 1.25 bits per heavy atom. The second-order valence-corrected chi connectivity index (χ2v) is 6.11. The zero-order chi connectivity index (χ0) is 6.04. The minimum absolute atomic E-state index is 0.179. The number of hydrogen-bond acceptors (Lipinski definition) is 0. The van der Waals surface area contributed by atoms with Crippen molar-refractivity contribution in [3.05, 3.63) is 6.42 Å². The summed E-state index contributed by atoms with van der Waals surface area (Å²) in [6.45, 7) is 0. The van der Waals surface area contributed by atoms with Crippen LogP contribution in [0.15, 0.2) is 0 Å². The zero-order valence-electron chi connectivity index (χ0n) is 4.66. The molecule has 0 heterocycles. The van der Waals surface area contributed by atoms with E-state index in [1.807, 2.05) is 0 Å². The molecule has 0 nitrogen and oxygen atoms in total. The van der Waals surface area contributed by atoms with Crippen LogP contribution in [0, 0.1) is 6.42 Å². The summed E-state index contributed by atoms with van der Waals surface area (Å²) in [5, 5.41) is 0. The van der Waals surface area contributed by atoms with Crippen molar-refractivity contribution in [3.63, 3.8) is 0 Å². The van der Waals surface area contributed by atoms with E-state index in [1.54, 1.807) is 0 Å². The summed E-state index contributed by atoms with van der Waals surface area (Å²) in [6.07, 6.45) is 7.46. The fraction of sp³-hybridized carbons (Fsp3) is 0.833. The van der Waals surface area contributed by atoms with Crippen LogP contribution in [0.25, 0.3) is 0 Å². The van der Waals surface area contributed by atoms with Crippen LogP contribution in [0.3, 0.4) is 0 Å². The highest BCUT2D eigenvalue weighted by Crippen LogP contribution is 2.39. The van der Waals surface area contributed by atoms with E-state index in [2.05, 4.69) is 38.3 Å². The van der Waals surface area contributed by atoms with Crippen LogP contribution in [-0.4, -0.2) is 3.23 Å². The van der Waals surface area contributed by atoms with Gasteiger partial charge in [-0.05, 0) is 19.3 Å². The van der Waals surface area contributed by atoms with Crippen LogP contribution in [0.4, 0.5) is 0 Å². The molecule has 2 heteroatoms. The van der Waals surface area contributed by atoms with Gasteiger partial charge in [0, 0.05) is 0 Å². The average Bonchev–Trinajstić information content (AvgIpc) is 1.65. The van der Waals surface area contributed by atoms with Gasteiger partial charge in [0.2, 0.25) is 0 Å². The van der Waals surface area contributed by atoms with Crippen LogP contribution >= 0.6 is 31.9 Å². The molecular formula is C6H9Br2. The van der Waals surface area contributed by atoms with Gasteiger partial charge in [0.1, 0.15) is 0 Å². The van der Waals surface area contributed by atoms with Gasteiger partial charge in [-0.2, -0.15) is 0 Å². The molecule has 0 aromatic heterocycles. The monoisotopic (exact) mass is 239 g/mol. The first kappa shape index (κ1) is 7.07. The summed E-state index contributed by atoms with van der Waals surface area (Å²) >= 11 is 7.11. The van der Waals surface area contributed by atoms with Crippen molar-refractivity contribution in [1.29, 1.82) is 0 Å². The van der Waals surface area contributed by atoms with Gasteiger partial charge in [-0.3, -0.25) is 0 Å². The van der Waals surface area contributed by atoms with E-state index >= 15 is 0 Å². The Balaban J connectivity index is 2.33. The van der Waals surface area contributed by atoms with Crippen molar-refractivity contribution in [2.75, 3.05) is 0 Å². The van der Waals surface area contributed by atoms with Crippen LogP contribution < -0.4 is 0 Å². The highest BCUT2D eigenvalue weighted by molar-refractivity contribution is 9.25. The van der Waals surface area contributed by atoms with Gasteiger partial charge in [-0.1, -0.05) is 44.7 Å². The molecule has 0 spiro atoms. The Morgan fingerprint density at radius 2 is 2.00 bits per heavy atom. The van der Waals surface area contributed by atoms with Crippen molar-refractivity contribution >= 4 is 31.9 Å². The topological polar surface area (TPSA) is 0 Å². The Morgan fingerprint density at radius 3 is 2.25 bits per heavy atom. The predicted molar refractivity (Wildman–Crippen MR) is 43.4 cm³/mol. The minimum atomic E-state index is 0.179. The van der Waals surface area contributed by atoms with Crippen LogP contribution in [0.5, 0.6) is 0 Å². The lowest BCUT2D eigenvalue weighted by atomic mass is 10.0. The Hall–Kier alpha value is 0.960. The van der Waals surface area contributed by atoms with E-state index in [-0.39, 0.29) is 3.23 Å². The second kappa shape index (κ2) is 2.70. The first-order chi connectivity index (χ1) is 3.71. The quantitative estimate of drug-likeness (QED) is 0.571. The molecule has 1 aliphatic rings. The molecule has 0 aliphatic heterocycles. The SMILES string of the molecule is BrC1(Br)[CH]CCCC1. The van der Waals surface area contributed by atoms with Gasteiger partial charge < -0.3 is 0 Å². The van der Waals surface area contributed by atoms with Crippen LogP contribution in [0.2, 0.25) is 0 Å². The maximum atomic E-state index is 3.55. The molecule has 47 valence electrons. The summed E-state index contributed by atoms with van der Waals surface area (Å²) < 4.78 is 0.179. The van der Waals surface area contributed by atoms with E-state index in [1.165, 1.54) is 25.7 Å². The Labute approximate surface area is 67.3 Å². The molecule has 1 radical (unpaired) electrons. The molecule has 0 aromatic rings. The van der Waals surface area contributed by atoms with Gasteiger partial charge >= 0.3 is 0 Å². The highest BCUT2D eigenvalue weighted by atomic mass is 79.9. The predicted octanol–water partition coefficient (Wildman–Crippen LogP) is 3.25. The second-order valence-electron chi connectivity index (χ2n) is 2.21. The first-order valence-corrected chi connectivity index (χ1v) is 4.51. The number of rotatable bonds is 0. The van der Waals surface area contributed by atoms with Gasteiger partial charge in [0.05, 0.1) is 3.23 Å². The summed E-state index contributed by atoms with van der Waals surface area (Å²) in [5.41, 5.74) is 0. The zero-order valence-corrected chi connectivity index (χ0v) is 7.83. The fourth-order valence-corrected chi connectivity index (χ4v) is 1.94. The first-order valence-electron chi connectivity index (χ1n) is 2.93. The molecule has 0 saturated heterocycles. The van der Waals surface area contributed by atoms with Gasteiger partial charge in [0.25, 0.3) is 0 Å². The molecule has 0 atom stereocenters. The van der Waals surface area contributed by atoms with Crippen molar-refractivity contribution in [3.8, 4) is 0 Å². The highest BCUT2D eigenvalue weighted by Gasteiger charge is 2.24. The molecule has 1 fully saturated rings. The van der Waals surface area contributed by atoms with Crippen molar-refractivity contribution < 1.29 is 0 Å². The maximum Gasteiger partial charge on any atom is 0.0837 e. The molecule has 8 heavy (non-hydrogen) atoms. The smallest absolute Gasteiger partial charge is 0.0724 e. The number of hydrogen-bond donors (Lipinski definition) is 0. The van der Waals surface area contributed by atoms with Crippen molar-refractivity contribution in [2.24, 2.45) is 0 Å². The normalized spacial score (nSPS) is 27.8. The molecule has 0 amide bonds. The van der Waals surface area contributed by atoms with E-state index in [9.17, 15) is 0 Å². The van der Waals surface area contributed by atoms with E-state index in [0.717, 1.165) is 0 Å². The third kappa shape index (κ3) is 2.06. The van der Waals surface area contributed by atoms with Gasteiger partial charge in [-0.15, -0.1) is 0 Å². The van der Waals surface area contributed by atoms with Gasteiger partial charge in [0.15, 0.2) is 0 Å². The molecule has 1 saturated carbocycles. The van der Waals surface area contributed by atoms with Crippen molar-refractivity contribution in [1.82, 2.24) is 0 Å². The third-order valence-corrected chi connectivity index (χ3v) is 2.85. The molecule has 1 rings (SSSR count). The summed E-state index contributed by atoms with van der Waals surface area (Å²) in [4.78, 5) is 0. The van der Waals surface area contributed by atoms with Crippen molar-refractivity contribution in [2.45, 2.75) is 28.9 Å². The molecule has 0 unspecified atom stereocenters. The largest absolute Gasteiger partial charge is 0.0837 e. The summed E-state index contributed by atoms with van der Waals surface area (Å²) in [7, 11) is 0. The van der Waals surface area contributed by atoms with Gasteiger partial charge in [-0.25, -0.2) is 0 Å². The lowest BCUT2D eigenvalue weighted by molar-refractivity contribution is 0.591. The van der Waals surface area contributed by atoms with E-state index < -0.39 is 0 Å². The van der Waals surface area contributed by atoms with E-state index in [4.69, 9.17) is 0 Å². The molecule has 0 N–H and O–H groups in total. The molecule has 0 aromatic carbocycles. The standard InChI is InChI=1S/C6H9Br2/c7-6(8)4-2-1-3-5-6/h4H,1-3,5H2. The lowest BCUT2D eigenvalue weighted by Crippen LogP contribution is -2.15. The van der Waals surface area contributed by atoms with Crippen LogP contribution in [-0.2, 0) is 0 Å². The minimum Gasteiger partial charge on any atom is -0.0724 e. The molecule has 0 bridgehead atoms. The molecular weight excluding hydrogens is 232 g/mol. The number of alkyl halides is 2. The van der Waals surface area contributed by atoms with Crippen LogP contribution in [0.1, 0.15) is 25.7 Å². The maximum absolute atomic E-state index is 3.55. The average molecular weight is 241 g/mol. The lowest BCUT2D eigenvalue weighted by Gasteiger charge is -2.24. The fourth-order valence-electron chi connectivity index (χ4n) is 0.920. The summed E-state index contributed by atoms with van der Waals surface area (Å²) in [5.74, 6) is 0. The Bertz CT molecular complexity index is 70.6. The van der Waals surface area contributed by atoms with E-state index in [0.29, 0.717) is 0 Å².